The number of aliphatic hydroxyl groups excluding tert-OH is 1. The molecule has 1 aliphatic rings. The van der Waals surface area contributed by atoms with Crippen molar-refractivity contribution in [1.29, 1.82) is 0 Å². The number of fused-ring (bicyclic) bond motifs is 1. The quantitative estimate of drug-likeness (QED) is 0.943. The van der Waals surface area contributed by atoms with Gasteiger partial charge in [-0.2, -0.15) is 0 Å². The van der Waals surface area contributed by atoms with E-state index < -0.39 is 6.10 Å². The number of carbonyl (C=O) groups is 1. The van der Waals surface area contributed by atoms with Crippen LogP contribution in [0.3, 0.4) is 0 Å². The molecule has 22 heavy (non-hydrogen) atoms. The van der Waals surface area contributed by atoms with Crippen molar-refractivity contribution < 1.29 is 14.6 Å². The smallest absolute Gasteiger partial charge is 0.272 e. The highest BCUT2D eigenvalue weighted by Crippen LogP contribution is 2.39. The summed E-state index contributed by atoms with van der Waals surface area (Å²) in [6, 6.07) is 15.0. The van der Waals surface area contributed by atoms with E-state index in [4.69, 9.17) is 4.74 Å². The summed E-state index contributed by atoms with van der Waals surface area (Å²) >= 11 is 0. The number of rotatable bonds is 4. The minimum absolute atomic E-state index is 0.0520. The summed E-state index contributed by atoms with van der Waals surface area (Å²) in [6.45, 7) is 2.62. The van der Waals surface area contributed by atoms with Gasteiger partial charge in [-0.05, 0) is 24.1 Å². The maximum Gasteiger partial charge on any atom is 0.272 e. The summed E-state index contributed by atoms with van der Waals surface area (Å²) in [5.41, 5.74) is 2.37. The third kappa shape index (κ3) is 2.57. The summed E-state index contributed by atoms with van der Waals surface area (Å²) in [5.74, 6) is 0.620. The molecule has 4 nitrogen and oxygen atoms in total. The van der Waals surface area contributed by atoms with E-state index in [1.165, 1.54) is 0 Å². The number of benzene rings is 2. The minimum atomic E-state index is -0.611. The van der Waals surface area contributed by atoms with E-state index >= 15 is 0 Å². The van der Waals surface area contributed by atoms with E-state index in [0.717, 1.165) is 23.2 Å². The van der Waals surface area contributed by atoms with Crippen LogP contribution in [0, 0.1) is 0 Å². The molecular weight excluding hydrogens is 278 g/mol. The number of amides is 1. The molecule has 0 spiro atoms. The topological polar surface area (TPSA) is 49.8 Å². The first-order chi connectivity index (χ1) is 10.7. The number of nitrogens with zero attached hydrogens (tertiary/aromatic N) is 1. The molecule has 0 aliphatic carbocycles. The Hall–Kier alpha value is -2.33. The minimum Gasteiger partial charge on any atom is -0.474 e. The van der Waals surface area contributed by atoms with Gasteiger partial charge in [0, 0.05) is 12.1 Å². The molecule has 1 unspecified atom stereocenters. The van der Waals surface area contributed by atoms with E-state index in [0.29, 0.717) is 12.3 Å². The monoisotopic (exact) mass is 297 g/mol. The molecule has 0 saturated heterocycles. The first kappa shape index (κ1) is 14.6. The van der Waals surface area contributed by atoms with E-state index in [-0.39, 0.29) is 12.5 Å². The van der Waals surface area contributed by atoms with Crippen molar-refractivity contribution in [3.63, 3.8) is 0 Å². The molecule has 0 fully saturated rings. The fourth-order valence-corrected chi connectivity index (χ4v) is 2.70. The second-order valence-electron chi connectivity index (χ2n) is 5.36. The highest BCUT2D eigenvalue weighted by Gasteiger charge is 2.35. The molecule has 1 aliphatic heterocycles. The number of aliphatic hydroxyl groups is 1. The molecule has 114 valence electrons. The maximum absolute atomic E-state index is 12.8. The van der Waals surface area contributed by atoms with Crippen LogP contribution in [0.5, 0.6) is 5.75 Å². The van der Waals surface area contributed by atoms with Gasteiger partial charge in [0.1, 0.15) is 5.75 Å². The molecule has 0 bridgehead atoms. The predicted molar refractivity (Wildman–Crippen MR) is 84.8 cm³/mol. The van der Waals surface area contributed by atoms with Crippen LogP contribution >= 0.6 is 0 Å². The van der Waals surface area contributed by atoms with Crippen LogP contribution in [0.25, 0.3) is 0 Å². The lowest BCUT2D eigenvalue weighted by Gasteiger charge is -2.34. The zero-order chi connectivity index (χ0) is 15.5. The lowest BCUT2D eigenvalue weighted by Crippen LogP contribution is -2.41. The molecule has 0 saturated carbocycles. The van der Waals surface area contributed by atoms with Gasteiger partial charge < -0.3 is 14.7 Å². The van der Waals surface area contributed by atoms with Gasteiger partial charge >= 0.3 is 0 Å². The largest absolute Gasteiger partial charge is 0.474 e. The summed E-state index contributed by atoms with van der Waals surface area (Å²) in [4.78, 5) is 14.6. The van der Waals surface area contributed by atoms with E-state index in [2.05, 4.69) is 0 Å². The molecule has 4 heteroatoms. The van der Waals surface area contributed by atoms with E-state index in [1.54, 1.807) is 4.90 Å². The Morgan fingerprint density at radius 1 is 1.18 bits per heavy atom. The Bertz CT molecular complexity index is 669. The van der Waals surface area contributed by atoms with Gasteiger partial charge in [0.25, 0.3) is 5.91 Å². The molecule has 1 heterocycles. The van der Waals surface area contributed by atoms with E-state index in [9.17, 15) is 9.90 Å². The van der Waals surface area contributed by atoms with Crippen LogP contribution in [0.15, 0.2) is 48.5 Å². The number of hydrogen-bond donors (Lipinski definition) is 1. The van der Waals surface area contributed by atoms with Gasteiger partial charge in [-0.25, -0.2) is 0 Å². The molecule has 2 aromatic rings. The fourth-order valence-electron chi connectivity index (χ4n) is 2.70. The summed E-state index contributed by atoms with van der Waals surface area (Å²) in [6.07, 6.45) is 0.246. The van der Waals surface area contributed by atoms with Crippen LogP contribution in [-0.4, -0.2) is 17.6 Å². The Morgan fingerprint density at radius 2 is 1.95 bits per heavy atom. The number of hydrogen-bond acceptors (Lipinski definition) is 3. The van der Waals surface area contributed by atoms with Crippen LogP contribution in [-0.2, 0) is 11.4 Å². The summed E-state index contributed by atoms with van der Waals surface area (Å²) < 4.78 is 5.93. The lowest BCUT2D eigenvalue weighted by atomic mass is 10.0. The number of anilines is 1. The zero-order valence-corrected chi connectivity index (χ0v) is 12.5. The molecule has 1 atom stereocenters. The average molecular weight is 297 g/mol. The van der Waals surface area contributed by atoms with Crippen molar-refractivity contribution >= 4 is 11.6 Å². The molecule has 1 amide bonds. The van der Waals surface area contributed by atoms with Crippen LogP contribution in [0.4, 0.5) is 5.69 Å². The van der Waals surface area contributed by atoms with E-state index in [1.807, 2.05) is 55.5 Å². The Balaban J connectivity index is 2.03. The second-order valence-corrected chi connectivity index (χ2v) is 5.36. The van der Waals surface area contributed by atoms with Crippen molar-refractivity contribution in [2.45, 2.75) is 26.1 Å². The average Bonchev–Trinajstić information content (AvgIpc) is 2.57. The Labute approximate surface area is 130 Å². The molecular formula is C18H19NO3. The molecule has 3 rings (SSSR count). The summed E-state index contributed by atoms with van der Waals surface area (Å²) in [7, 11) is 0. The van der Waals surface area contributed by atoms with Gasteiger partial charge in [0.05, 0.1) is 12.3 Å². The zero-order valence-electron chi connectivity index (χ0n) is 12.5. The number of ether oxygens (including phenoxy) is 1. The SMILES string of the molecule is CCCN1C(=O)C(c2ccccc2)Oc2ccc(CO)cc21. The van der Waals surface area contributed by atoms with Crippen LogP contribution < -0.4 is 9.64 Å². The van der Waals surface area contributed by atoms with Gasteiger partial charge in [0.15, 0.2) is 0 Å². The fraction of sp³-hybridized carbons (Fsp3) is 0.278. The van der Waals surface area contributed by atoms with Gasteiger partial charge in [-0.15, -0.1) is 0 Å². The lowest BCUT2D eigenvalue weighted by molar-refractivity contribution is -0.126. The summed E-state index contributed by atoms with van der Waals surface area (Å²) in [5, 5.41) is 9.31. The Morgan fingerprint density at radius 3 is 2.64 bits per heavy atom. The van der Waals surface area contributed by atoms with Crippen molar-refractivity contribution in [3.8, 4) is 5.75 Å². The predicted octanol–water partition coefficient (Wildman–Crippen LogP) is 3.06. The highest BCUT2D eigenvalue weighted by molar-refractivity contribution is 6.00. The van der Waals surface area contributed by atoms with Crippen LogP contribution in [0.1, 0.15) is 30.6 Å². The standard InChI is InChI=1S/C18H19NO3/c1-2-10-19-15-11-13(12-20)8-9-16(15)22-17(18(19)21)14-6-4-3-5-7-14/h3-9,11,17,20H,2,10,12H2,1H3. The van der Waals surface area contributed by atoms with Crippen molar-refractivity contribution in [2.75, 3.05) is 11.4 Å². The second kappa shape index (κ2) is 6.20. The molecule has 2 aromatic carbocycles. The normalized spacial score (nSPS) is 17.1. The van der Waals surface area contributed by atoms with Crippen molar-refractivity contribution in [3.05, 3.63) is 59.7 Å². The molecule has 1 N–H and O–H groups in total. The number of carbonyl (C=O) groups excluding carboxylic acids is 1. The van der Waals surface area contributed by atoms with Crippen molar-refractivity contribution in [1.82, 2.24) is 0 Å². The van der Waals surface area contributed by atoms with Gasteiger partial charge in [-0.1, -0.05) is 43.3 Å². The van der Waals surface area contributed by atoms with Crippen LogP contribution in [0.2, 0.25) is 0 Å². The van der Waals surface area contributed by atoms with Gasteiger partial charge in [0.2, 0.25) is 6.10 Å². The third-order valence-electron chi connectivity index (χ3n) is 3.78. The molecule has 0 aromatic heterocycles. The maximum atomic E-state index is 12.8. The first-order valence-corrected chi connectivity index (χ1v) is 7.51. The Kier molecular flexibility index (Phi) is 4.11. The third-order valence-corrected chi connectivity index (χ3v) is 3.78. The first-order valence-electron chi connectivity index (χ1n) is 7.51. The van der Waals surface area contributed by atoms with Gasteiger partial charge in [-0.3, -0.25) is 4.79 Å². The van der Waals surface area contributed by atoms with Crippen molar-refractivity contribution in [2.24, 2.45) is 0 Å². The molecule has 0 radical (unpaired) electrons. The highest BCUT2D eigenvalue weighted by atomic mass is 16.5.